The maximum atomic E-state index is 6.99. The van der Waals surface area contributed by atoms with Crippen LogP contribution < -0.4 is 20.2 Å². The lowest BCUT2D eigenvalue weighted by atomic mass is 10.1. The molecule has 0 amide bonds. The second-order valence-electron chi connectivity index (χ2n) is 11.2. The van der Waals surface area contributed by atoms with Crippen LogP contribution in [0.4, 0.5) is 11.4 Å². The van der Waals surface area contributed by atoms with E-state index in [4.69, 9.17) is 42.7 Å². The third kappa shape index (κ3) is 3.06. The molecule has 0 bridgehead atoms. The Balaban J connectivity index is 1.27. The van der Waals surface area contributed by atoms with Crippen LogP contribution in [0, 0.1) is 13.8 Å². The SMILES string of the molecule is Cc1ccc2c3cc4c(cc3n(C)c2c1)Oc1c(Cl)c2c(c(Cl)c1=N4)Oc1cc3c(cc1N=2)c1ccc(C)cc1n3C. The first kappa shape index (κ1) is 24.1. The van der Waals surface area contributed by atoms with Crippen LogP contribution in [-0.4, -0.2) is 9.13 Å². The van der Waals surface area contributed by atoms with Gasteiger partial charge in [-0.3, -0.25) is 0 Å². The first-order valence-electron chi connectivity index (χ1n) is 13.7. The van der Waals surface area contributed by atoms with Crippen LogP contribution in [0.2, 0.25) is 10.0 Å². The number of rotatable bonds is 0. The van der Waals surface area contributed by atoms with Crippen LogP contribution >= 0.6 is 23.2 Å². The normalized spacial score (nSPS) is 13.3. The van der Waals surface area contributed by atoms with Gasteiger partial charge < -0.3 is 18.6 Å². The molecule has 7 aromatic rings. The number of fused-ring (bicyclic) bond motifs is 10. The predicted octanol–water partition coefficient (Wildman–Crippen LogP) is 9.01. The van der Waals surface area contributed by atoms with E-state index in [1.807, 2.05) is 24.3 Å². The first-order chi connectivity index (χ1) is 20.3. The molecule has 5 aromatic carbocycles. The van der Waals surface area contributed by atoms with Crippen molar-refractivity contribution < 1.29 is 9.47 Å². The molecule has 42 heavy (non-hydrogen) atoms. The molecule has 204 valence electrons. The summed E-state index contributed by atoms with van der Waals surface area (Å²) in [6.45, 7) is 4.19. The second kappa shape index (κ2) is 8.06. The molecule has 9 rings (SSSR count). The Morgan fingerprint density at radius 1 is 0.548 bits per heavy atom. The van der Waals surface area contributed by atoms with Gasteiger partial charge in [-0.2, -0.15) is 0 Å². The fraction of sp³-hybridized carbons (Fsp3) is 0.118. The molecule has 0 N–H and O–H groups in total. The average molecular weight is 589 g/mol. The number of aromatic nitrogens is 2. The molecule has 6 nitrogen and oxygen atoms in total. The largest absolute Gasteiger partial charge is 0.451 e. The molecule has 0 saturated heterocycles. The maximum Gasteiger partial charge on any atom is 0.175 e. The molecule has 2 aliphatic rings. The molecule has 0 unspecified atom stereocenters. The summed E-state index contributed by atoms with van der Waals surface area (Å²) in [6.07, 6.45) is 0. The van der Waals surface area contributed by atoms with Crippen molar-refractivity contribution in [2.45, 2.75) is 13.8 Å². The number of hydrogen-bond acceptors (Lipinski definition) is 4. The number of hydrogen-bond donors (Lipinski definition) is 0. The standard InChI is InChI=1S/C34H22Cl2N4O2/c1-15-5-7-17-19-11-21-27(13-25(19)39(3)23(17)9-15)41-33-30(36)32-34(29(35)31(33)37-21)42-28-14-26-20(12-22(28)38-32)18-8-6-16(2)10-24(18)40(26)4/h5-14H,1-4H3. The van der Waals surface area contributed by atoms with Crippen LogP contribution in [-0.2, 0) is 14.1 Å². The minimum absolute atomic E-state index is 0.311. The molecule has 8 heteroatoms. The minimum atomic E-state index is 0.311. The number of aryl methyl sites for hydroxylation is 4. The van der Waals surface area contributed by atoms with Gasteiger partial charge in [0, 0.05) is 58.8 Å². The molecule has 0 aliphatic carbocycles. The maximum absolute atomic E-state index is 6.99. The first-order valence-corrected chi connectivity index (χ1v) is 14.4. The smallest absolute Gasteiger partial charge is 0.175 e. The van der Waals surface area contributed by atoms with E-state index >= 15 is 0 Å². The summed E-state index contributed by atoms with van der Waals surface area (Å²) < 4.78 is 17.2. The summed E-state index contributed by atoms with van der Waals surface area (Å²) in [5, 5.41) is 5.99. The molecule has 0 radical (unpaired) electrons. The Morgan fingerprint density at radius 3 is 1.38 bits per heavy atom. The third-order valence-electron chi connectivity index (χ3n) is 8.62. The fourth-order valence-corrected chi connectivity index (χ4v) is 6.97. The zero-order chi connectivity index (χ0) is 28.6. The van der Waals surface area contributed by atoms with Gasteiger partial charge in [0.05, 0.1) is 11.0 Å². The van der Waals surface area contributed by atoms with Crippen molar-refractivity contribution in [1.82, 2.24) is 9.13 Å². The molecule has 0 saturated carbocycles. The lowest BCUT2D eigenvalue weighted by Crippen LogP contribution is -2.22. The zero-order valence-electron chi connectivity index (χ0n) is 23.1. The van der Waals surface area contributed by atoms with Gasteiger partial charge in [-0.1, -0.05) is 47.5 Å². The molecule has 0 fully saturated rings. The van der Waals surface area contributed by atoms with Crippen molar-refractivity contribution in [3.05, 3.63) is 92.6 Å². The van der Waals surface area contributed by atoms with Gasteiger partial charge in [0.15, 0.2) is 23.0 Å². The van der Waals surface area contributed by atoms with Crippen LogP contribution in [0.15, 0.2) is 70.6 Å². The van der Waals surface area contributed by atoms with Gasteiger partial charge in [-0.15, -0.1) is 0 Å². The molecule has 0 spiro atoms. The van der Waals surface area contributed by atoms with Crippen LogP contribution in [0.25, 0.3) is 43.6 Å². The molecular weight excluding hydrogens is 567 g/mol. The molecule has 0 atom stereocenters. The van der Waals surface area contributed by atoms with Gasteiger partial charge in [0.25, 0.3) is 0 Å². The molecule has 4 heterocycles. The van der Waals surface area contributed by atoms with Crippen molar-refractivity contribution in [3.63, 3.8) is 0 Å². The summed E-state index contributed by atoms with van der Waals surface area (Å²) in [4.78, 5) is 9.88. The third-order valence-corrected chi connectivity index (χ3v) is 9.32. The average Bonchev–Trinajstić information content (AvgIpc) is 3.41. The predicted molar refractivity (Wildman–Crippen MR) is 169 cm³/mol. The van der Waals surface area contributed by atoms with E-state index in [0.717, 1.165) is 43.6 Å². The van der Waals surface area contributed by atoms with E-state index < -0.39 is 0 Å². The van der Waals surface area contributed by atoms with Gasteiger partial charge >= 0.3 is 0 Å². The number of ether oxygens (including phenoxy) is 2. The highest BCUT2D eigenvalue weighted by atomic mass is 35.5. The van der Waals surface area contributed by atoms with E-state index in [0.29, 0.717) is 55.1 Å². The highest BCUT2D eigenvalue weighted by Crippen LogP contribution is 2.46. The molecule has 2 aliphatic heterocycles. The van der Waals surface area contributed by atoms with Crippen molar-refractivity contribution in [2.75, 3.05) is 0 Å². The monoisotopic (exact) mass is 588 g/mol. The van der Waals surface area contributed by atoms with Crippen molar-refractivity contribution in [2.24, 2.45) is 24.1 Å². The fourth-order valence-electron chi connectivity index (χ4n) is 6.46. The van der Waals surface area contributed by atoms with Gasteiger partial charge in [0.2, 0.25) is 0 Å². The van der Waals surface area contributed by atoms with Crippen molar-refractivity contribution >= 4 is 78.2 Å². The summed E-state index contributed by atoms with van der Waals surface area (Å²) in [5.74, 6) is 1.97. The summed E-state index contributed by atoms with van der Waals surface area (Å²) in [6, 6.07) is 21.0. The zero-order valence-corrected chi connectivity index (χ0v) is 24.6. The highest BCUT2D eigenvalue weighted by molar-refractivity contribution is 6.35. The van der Waals surface area contributed by atoms with Gasteiger partial charge in [0.1, 0.15) is 32.1 Å². The molecular formula is C34H22Cl2N4O2. The topological polar surface area (TPSA) is 53.0 Å². The Labute approximate surface area is 249 Å². The number of nitrogens with zero attached hydrogens (tertiary/aromatic N) is 4. The van der Waals surface area contributed by atoms with E-state index in [9.17, 15) is 0 Å². The van der Waals surface area contributed by atoms with Crippen LogP contribution in [0.5, 0.6) is 23.0 Å². The van der Waals surface area contributed by atoms with E-state index in [2.05, 4.69) is 73.5 Å². The highest BCUT2D eigenvalue weighted by Gasteiger charge is 2.28. The lowest BCUT2D eigenvalue weighted by Gasteiger charge is -2.21. The van der Waals surface area contributed by atoms with Gasteiger partial charge in [-0.05, 0) is 49.2 Å². The van der Waals surface area contributed by atoms with Crippen LogP contribution in [0.3, 0.4) is 0 Å². The van der Waals surface area contributed by atoms with E-state index in [1.54, 1.807) is 0 Å². The Hall–Kier alpha value is -4.52. The molecule has 2 aromatic heterocycles. The van der Waals surface area contributed by atoms with E-state index in [-0.39, 0.29) is 0 Å². The summed E-state index contributed by atoms with van der Waals surface area (Å²) in [7, 11) is 4.12. The Kier molecular flexibility index (Phi) is 4.63. The van der Waals surface area contributed by atoms with Crippen molar-refractivity contribution in [1.29, 1.82) is 0 Å². The van der Waals surface area contributed by atoms with E-state index in [1.165, 1.54) is 11.1 Å². The quantitative estimate of drug-likeness (QED) is 0.177. The number of halogens is 2. The Bertz CT molecular complexity index is 2370. The lowest BCUT2D eigenvalue weighted by molar-refractivity contribution is 0.452. The van der Waals surface area contributed by atoms with Crippen LogP contribution in [0.1, 0.15) is 11.1 Å². The Morgan fingerprint density at radius 2 is 0.952 bits per heavy atom. The summed E-state index contributed by atoms with van der Waals surface area (Å²) >= 11 is 14.0. The minimum Gasteiger partial charge on any atom is -0.451 e. The second-order valence-corrected chi connectivity index (χ2v) is 12.0. The number of benzene rings is 5. The summed E-state index contributed by atoms with van der Waals surface area (Å²) in [5.41, 5.74) is 8.17. The van der Waals surface area contributed by atoms with Gasteiger partial charge in [-0.25, -0.2) is 9.98 Å². The van der Waals surface area contributed by atoms with Crippen molar-refractivity contribution in [3.8, 4) is 23.0 Å².